The molecule has 13 nitrogen and oxygen atoms in total. The number of anilines is 1. The summed E-state index contributed by atoms with van der Waals surface area (Å²) in [6.07, 6.45) is 4.40. The molecule has 0 bridgehead atoms. The maximum atomic E-state index is 13.7. The van der Waals surface area contributed by atoms with Crippen molar-refractivity contribution in [3.8, 4) is 28.9 Å². The molecule has 1 saturated heterocycles. The molecule has 5 rings (SSSR count). The minimum atomic E-state index is -0.869. The third-order valence-corrected chi connectivity index (χ3v) is 6.99. The number of rotatable bonds is 9. The number of amides is 2. The lowest BCUT2D eigenvalue weighted by atomic mass is 10.1. The normalized spacial score (nSPS) is 14.7. The number of hydrogen-bond acceptors (Lipinski definition) is 10. The topological polar surface area (TPSA) is 133 Å². The number of benzene rings is 2. The van der Waals surface area contributed by atoms with Gasteiger partial charge in [0.15, 0.2) is 11.5 Å². The smallest absolute Gasteiger partial charge is 0.416 e. The van der Waals surface area contributed by atoms with Crippen LogP contribution >= 0.6 is 0 Å². The van der Waals surface area contributed by atoms with Gasteiger partial charge < -0.3 is 29.2 Å². The predicted molar refractivity (Wildman–Crippen MR) is 157 cm³/mol. The van der Waals surface area contributed by atoms with Gasteiger partial charge in [0.2, 0.25) is 11.9 Å². The Bertz CT molecular complexity index is 1560. The second-order valence-corrected chi connectivity index (χ2v) is 9.74. The van der Waals surface area contributed by atoms with Crippen LogP contribution in [0.4, 0.5) is 10.6 Å². The summed E-state index contributed by atoms with van der Waals surface area (Å²) in [6, 6.07) is 13.1. The van der Waals surface area contributed by atoms with Crippen molar-refractivity contribution in [3.05, 3.63) is 78.5 Å². The molecule has 0 saturated carbocycles. The van der Waals surface area contributed by atoms with Crippen molar-refractivity contribution in [3.63, 3.8) is 0 Å². The Morgan fingerprint density at radius 3 is 2.40 bits per heavy atom. The van der Waals surface area contributed by atoms with Crippen LogP contribution in [-0.4, -0.2) is 83.4 Å². The van der Waals surface area contributed by atoms with Gasteiger partial charge in [-0.2, -0.15) is 4.98 Å². The van der Waals surface area contributed by atoms with E-state index in [1.165, 1.54) is 4.90 Å². The van der Waals surface area contributed by atoms with E-state index in [2.05, 4.69) is 15.3 Å². The Morgan fingerprint density at radius 2 is 1.70 bits per heavy atom. The zero-order valence-electron chi connectivity index (χ0n) is 24.4. The second-order valence-electron chi connectivity index (χ2n) is 9.74. The van der Waals surface area contributed by atoms with E-state index in [9.17, 15) is 9.59 Å². The maximum absolute atomic E-state index is 13.7. The molecule has 1 aliphatic rings. The molecule has 0 aliphatic carbocycles. The molecule has 2 aromatic carbocycles. The van der Waals surface area contributed by atoms with Gasteiger partial charge in [-0.05, 0) is 48.9 Å². The molecule has 0 radical (unpaired) electrons. The number of imidazole rings is 1. The lowest BCUT2D eigenvalue weighted by molar-refractivity contribution is -0.126. The lowest BCUT2D eigenvalue weighted by Crippen LogP contribution is -2.61. The molecule has 0 spiro atoms. The summed E-state index contributed by atoms with van der Waals surface area (Å²) in [5.41, 5.74) is 1.56. The van der Waals surface area contributed by atoms with Gasteiger partial charge in [0.25, 0.3) is 0 Å². The van der Waals surface area contributed by atoms with E-state index in [4.69, 9.17) is 23.9 Å². The third kappa shape index (κ3) is 6.77. The first kappa shape index (κ1) is 29.2. The van der Waals surface area contributed by atoms with Gasteiger partial charge in [-0.1, -0.05) is 6.07 Å². The van der Waals surface area contributed by atoms with Crippen molar-refractivity contribution >= 4 is 17.8 Å². The van der Waals surface area contributed by atoms with E-state index in [1.54, 1.807) is 81.0 Å². The van der Waals surface area contributed by atoms with Gasteiger partial charge >= 0.3 is 6.09 Å². The molecule has 1 fully saturated rings. The number of carbonyl (C=O) groups is 2. The number of aromatic nitrogens is 4. The van der Waals surface area contributed by atoms with E-state index in [0.717, 1.165) is 11.3 Å². The fourth-order valence-corrected chi connectivity index (χ4v) is 4.73. The second kappa shape index (κ2) is 13.1. The molecular weight excluding hydrogens is 554 g/mol. The van der Waals surface area contributed by atoms with Crippen LogP contribution in [0.3, 0.4) is 0 Å². The molecular formula is C30H33N7O6. The fourth-order valence-electron chi connectivity index (χ4n) is 4.73. The zero-order valence-corrected chi connectivity index (χ0v) is 24.4. The highest BCUT2D eigenvalue weighted by Crippen LogP contribution is 2.28. The molecule has 1 unspecified atom stereocenters. The van der Waals surface area contributed by atoms with Crippen molar-refractivity contribution in [2.45, 2.75) is 19.5 Å². The van der Waals surface area contributed by atoms with Crippen LogP contribution in [0, 0.1) is 6.92 Å². The van der Waals surface area contributed by atoms with Crippen LogP contribution in [0.25, 0.3) is 5.95 Å². The van der Waals surface area contributed by atoms with Gasteiger partial charge in [-0.3, -0.25) is 14.3 Å². The monoisotopic (exact) mass is 587 g/mol. The number of aryl methyl sites for hydroxylation is 1. The molecule has 1 aliphatic heterocycles. The molecule has 43 heavy (non-hydrogen) atoms. The Hall–Kier alpha value is -5.33. The summed E-state index contributed by atoms with van der Waals surface area (Å²) >= 11 is 0. The highest BCUT2D eigenvalue weighted by atomic mass is 16.6. The van der Waals surface area contributed by atoms with Crippen LogP contribution in [0.15, 0.2) is 67.3 Å². The predicted octanol–water partition coefficient (Wildman–Crippen LogP) is 3.00. The number of ether oxygens (including phenoxy) is 4. The standard InChI is InChI=1S/C30H33N7O6/c1-20-15-27(34-29(33-20)36-12-11-31-19-36)35-13-14-37(30(39)43-23-8-6-22(40-2)7-9-23)24(18-35)28(38)32-17-21-5-10-25(41-3)26(16-21)42-4/h5-12,15-16,19,24H,13-14,17-18H2,1-4H3,(H,32,38). The first-order chi connectivity index (χ1) is 20.9. The van der Waals surface area contributed by atoms with E-state index in [1.807, 2.05) is 24.0 Å². The minimum Gasteiger partial charge on any atom is -0.497 e. The fraction of sp³-hybridized carbons (Fsp3) is 0.300. The van der Waals surface area contributed by atoms with Gasteiger partial charge in [-0.15, -0.1) is 0 Å². The van der Waals surface area contributed by atoms with Crippen LogP contribution in [0.2, 0.25) is 0 Å². The molecule has 3 heterocycles. The Labute approximate surface area is 249 Å². The maximum Gasteiger partial charge on any atom is 0.416 e. The minimum absolute atomic E-state index is 0.190. The number of carbonyl (C=O) groups excluding carboxylic acids is 2. The Balaban J connectivity index is 1.37. The number of methoxy groups -OCH3 is 3. The number of hydrogen-bond donors (Lipinski definition) is 1. The molecule has 1 N–H and O–H groups in total. The Kier molecular flexibility index (Phi) is 8.89. The third-order valence-electron chi connectivity index (χ3n) is 6.99. The van der Waals surface area contributed by atoms with Crippen LogP contribution in [0.5, 0.6) is 23.0 Å². The first-order valence-electron chi connectivity index (χ1n) is 13.6. The average Bonchev–Trinajstić information content (AvgIpc) is 3.58. The number of nitrogens with one attached hydrogen (secondary N) is 1. The van der Waals surface area contributed by atoms with Crippen molar-refractivity contribution in [2.24, 2.45) is 0 Å². The summed E-state index contributed by atoms with van der Waals surface area (Å²) in [5.74, 6) is 2.87. The highest BCUT2D eigenvalue weighted by molar-refractivity contribution is 5.87. The first-order valence-corrected chi connectivity index (χ1v) is 13.6. The van der Waals surface area contributed by atoms with E-state index >= 15 is 0 Å². The van der Waals surface area contributed by atoms with Crippen molar-refractivity contribution in [1.82, 2.24) is 29.7 Å². The molecule has 4 aromatic rings. The molecule has 2 amide bonds. The van der Waals surface area contributed by atoms with E-state index < -0.39 is 12.1 Å². The van der Waals surface area contributed by atoms with Crippen LogP contribution < -0.4 is 29.2 Å². The number of nitrogens with zero attached hydrogens (tertiary/aromatic N) is 6. The summed E-state index contributed by atoms with van der Waals surface area (Å²) in [7, 11) is 4.67. The SMILES string of the molecule is COc1ccc(OC(=O)N2CCN(c3cc(C)nc(-n4ccnc4)n3)CC2C(=O)NCc2ccc(OC)c(OC)c2)cc1. The Morgan fingerprint density at radius 1 is 0.930 bits per heavy atom. The van der Waals surface area contributed by atoms with Gasteiger partial charge in [0, 0.05) is 50.3 Å². The summed E-state index contributed by atoms with van der Waals surface area (Å²) in [6.45, 7) is 2.94. The van der Waals surface area contributed by atoms with Crippen LogP contribution in [-0.2, 0) is 11.3 Å². The summed E-state index contributed by atoms with van der Waals surface area (Å²) in [5, 5.41) is 2.97. The zero-order chi connectivity index (χ0) is 30.3. The van der Waals surface area contributed by atoms with Gasteiger partial charge in [0.1, 0.15) is 29.7 Å². The van der Waals surface area contributed by atoms with Crippen molar-refractivity contribution < 1.29 is 28.5 Å². The quantitative estimate of drug-likeness (QED) is 0.312. The average molecular weight is 588 g/mol. The van der Waals surface area contributed by atoms with E-state index in [0.29, 0.717) is 41.3 Å². The largest absolute Gasteiger partial charge is 0.497 e. The van der Waals surface area contributed by atoms with Crippen LogP contribution in [0.1, 0.15) is 11.3 Å². The molecule has 224 valence electrons. The lowest BCUT2D eigenvalue weighted by Gasteiger charge is -2.40. The molecule has 1 atom stereocenters. The molecule has 2 aromatic heterocycles. The van der Waals surface area contributed by atoms with Gasteiger partial charge in [0.05, 0.1) is 21.3 Å². The van der Waals surface area contributed by atoms with E-state index in [-0.39, 0.29) is 25.5 Å². The van der Waals surface area contributed by atoms with Crippen molar-refractivity contribution in [1.29, 1.82) is 0 Å². The molecule has 13 heteroatoms. The summed E-state index contributed by atoms with van der Waals surface area (Å²) < 4.78 is 23.2. The van der Waals surface area contributed by atoms with Crippen molar-refractivity contribution in [2.75, 3.05) is 45.9 Å². The highest BCUT2D eigenvalue weighted by Gasteiger charge is 2.37. The summed E-state index contributed by atoms with van der Waals surface area (Å²) in [4.78, 5) is 43.8. The number of piperazine rings is 1. The van der Waals surface area contributed by atoms with Gasteiger partial charge in [-0.25, -0.2) is 14.8 Å².